The molecule has 30 heavy (non-hydrogen) atoms. The zero-order chi connectivity index (χ0) is 21.4. The Morgan fingerprint density at radius 3 is 2.43 bits per heavy atom. The Morgan fingerprint density at radius 2 is 1.77 bits per heavy atom. The summed E-state index contributed by atoms with van der Waals surface area (Å²) in [6.07, 6.45) is 1.64. The number of carbonyl (C=O) groups excluding carboxylic acids is 1. The van der Waals surface area contributed by atoms with E-state index in [9.17, 15) is 4.79 Å². The van der Waals surface area contributed by atoms with Gasteiger partial charge in [0.2, 0.25) is 0 Å². The Hall–Kier alpha value is -3.47. The van der Waals surface area contributed by atoms with Crippen molar-refractivity contribution in [3.8, 4) is 11.1 Å². The van der Waals surface area contributed by atoms with Crippen LogP contribution >= 0.6 is 0 Å². The Balaban J connectivity index is 1.69. The van der Waals surface area contributed by atoms with Crippen LogP contribution in [0.3, 0.4) is 0 Å². The lowest BCUT2D eigenvalue weighted by molar-refractivity contribution is 0.102. The summed E-state index contributed by atoms with van der Waals surface area (Å²) in [5, 5.41) is 7.64. The third-order valence-electron chi connectivity index (χ3n) is 5.45. The SMILES string of the molecule is Cc1cccc(-c2c(C)nn3c(C)c(C(=O)Nc4ccc(C(C)C)cc4)cnc23)c1. The molecular formula is C25H26N4O. The van der Waals surface area contributed by atoms with Crippen molar-refractivity contribution in [3.63, 3.8) is 0 Å². The van der Waals surface area contributed by atoms with Crippen molar-refractivity contribution >= 4 is 17.2 Å². The van der Waals surface area contributed by atoms with Crippen LogP contribution in [0.25, 0.3) is 16.8 Å². The number of hydrogen-bond donors (Lipinski definition) is 1. The molecule has 0 bridgehead atoms. The normalized spacial score (nSPS) is 11.3. The van der Waals surface area contributed by atoms with Crippen LogP contribution in [0.1, 0.15) is 52.6 Å². The second-order valence-corrected chi connectivity index (χ2v) is 8.05. The molecule has 0 fully saturated rings. The third kappa shape index (κ3) is 3.59. The molecule has 1 amide bonds. The van der Waals surface area contributed by atoms with Crippen LogP contribution in [0.2, 0.25) is 0 Å². The number of nitrogens with zero attached hydrogens (tertiary/aromatic N) is 3. The maximum Gasteiger partial charge on any atom is 0.259 e. The van der Waals surface area contributed by atoms with E-state index in [-0.39, 0.29) is 5.91 Å². The highest BCUT2D eigenvalue weighted by molar-refractivity contribution is 6.05. The van der Waals surface area contributed by atoms with Gasteiger partial charge in [0.05, 0.1) is 17.0 Å². The molecule has 0 unspecified atom stereocenters. The molecule has 0 saturated heterocycles. The van der Waals surface area contributed by atoms with E-state index < -0.39 is 0 Å². The molecule has 2 aromatic carbocycles. The van der Waals surface area contributed by atoms with Crippen LogP contribution < -0.4 is 5.32 Å². The second-order valence-electron chi connectivity index (χ2n) is 8.05. The Kier molecular flexibility index (Phi) is 5.12. The van der Waals surface area contributed by atoms with E-state index in [1.807, 2.05) is 44.2 Å². The third-order valence-corrected chi connectivity index (χ3v) is 5.45. The van der Waals surface area contributed by atoms with E-state index in [1.165, 1.54) is 11.1 Å². The predicted molar refractivity (Wildman–Crippen MR) is 121 cm³/mol. The van der Waals surface area contributed by atoms with Crippen molar-refractivity contribution in [2.24, 2.45) is 0 Å². The highest BCUT2D eigenvalue weighted by Gasteiger charge is 2.19. The van der Waals surface area contributed by atoms with E-state index in [1.54, 1.807) is 10.7 Å². The molecule has 0 saturated carbocycles. The Bertz CT molecular complexity index is 1240. The standard InChI is InChI=1S/C25H26N4O/c1-15(2)19-9-11-21(12-10-19)27-25(30)22-14-26-24-23(17(4)28-29(24)18(22)5)20-8-6-7-16(3)13-20/h6-15H,1-5H3,(H,27,30). The minimum Gasteiger partial charge on any atom is -0.322 e. The van der Waals surface area contributed by atoms with Crippen molar-refractivity contribution in [2.45, 2.75) is 40.5 Å². The molecule has 2 aromatic heterocycles. The number of hydrogen-bond acceptors (Lipinski definition) is 3. The van der Waals surface area contributed by atoms with Gasteiger partial charge in [0.15, 0.2) is 5.65 Å². The van der Waals surface area contributed by atoms with Gasteiger partial charge in [0.25, 0.3) is 5.91 Å². The fraction of sp³-hybridized carbons (Fsp3) is 0.240. The average molecular weight is 399 g/mol. The minimum atomic E-state index is -0.190. The zero-order valence-corrected chi connectivity index (χ0v) is 18.0. The van der Waals surface area contributed by atoms with Crippen LogP contribution in [0.5, 0.6) is 0 Å². The number of aromatic nitrogens is 3. The maximum absolute atomic E-state index is 12.9. The molecule has 5 nitrogen and oxygen atoms in total. The minimum absolute atomic E-state index is 0.190. The smallest absolute Gasteiger partial charge is 0.259 e. The zero-order valence-electron chi connectivity index (χ0n) is 18.0. The molecule has 2 heterocycles. The maximum atomic E-state index is 12.9. The molecule has 0 atom stereocenters. The van der Waals surface area contributed by atoms with Crippen molar-refractivity contribution in [2.75, 3.05) is 5.32 Å². The summed E-state index contributed by atoms with van der Waals surface area (Å²) in [7, 11) is 0. The second kappa shape index (κ2) is 7.75. The molecule has 152 valence electrons. The summed E-state index contributed by atoms with van der Waals surface area (Å²) in [6.45, 7) is 10.2. The number of anilines is 1. The van der Waals surface area contributed by atoms with Crippen LogP contribution in [-0.2, 0) is 0 Å². The molecule has 5 heteroatoms. The summed E-state index contributed by atoms with van der Waals surface area (Å²) in [4.78, 5) is 17.5. The van der Waals surface area contributed by atoms with E-state index in [0.717, 1.165) is 33.8 Å². The van der Waals surface area contributed by atoms with Crippen LogP contribution in [0, 0.1) is 20.8 Å². The lowest BCUT2D eigenvalue weighted by atomic mass is 10.0. The first-order valence-corrected chi connectivity index (χ1v) is 10.2. The number of fused-ring (bicyclic) bond motifs is 1. The first-order chi connectivity index (χ1) is 14.3. The summed E-state index contributed by atoms with van der Waals surface area (Å²) in [5.41, 5.74) is 8.18. The number of amides is 1. The van der Waals surface area contributed by atoms with E-state index in [2.05, 4.69) is 54.4 Å². The summed E-state index contributed by atoms with van der Waals surface area (Å²) < 4.78 is 1.77. The summed E-state index contributed by atoms with van der Waals surface area (Å²) >= 11 is 0. The summed E-state index contributed by atoms with van der Waals surface area (Å²) in [5.74, 6) is 0.263. The highest BCUT2D eigenvalue weighted by atomic mass is 16.1. The van der Waals surface area contributed by atoms with Gasteiger partial charge >= 0.3 is 0 Å². The number of carbonyl (C=O) groups is 1. The molecule has 0 aliphatic heterocycles. The van der Waals surface area contributed by atoms with Crippen LogP contribution in [-0.4, -0.2) is 20.5 Å². The van der Waals surface area contributed by atoms with Gasteiger partial charge in [0, 0.05) is 17.4 Å². The van der Waals surface area contributed by atoms with Crippen molar-refractivity contribution in [1.29, 1.82) is 0 Å². The van der Waals surface area contributed by atoms with Gasteiger partial charge in [0.1, 0.15) is 0 Å². The van der Waals surface area contributed by atoms with Crippen molar-refractivity contribution in [1.82, 2.24) is 14.6 Å². The summed E-state index contributed by atoms with van der Waals surface area (Å²) in [6, 6.07) is 16.2. The fourth-order valence-electron chi connectivity index (χ4n) is 3.71. The van der Waals surface area contributed by atoms with Gasteiger partial charge in [-0.15, -0.1) is 0 Å². The average Bonchev–Trinajstić information content (AvgIpc) is 3.05. The van der Waals surface area contributed by atoms with Crippen molar-refractivity contribution in [3.05, 3.63) is 82.8 Å². The molecule has 0 spiro atoms. The van der Waals surface area contributed by atoms with Gasteiger partial charge < -0.3 is 5.32 Å². The number of rotatable bonds is 4. The molecule has 1 N–H and O–H groups in total. The first-order valence-electron chi connectivity index (χ1n) is 10.2. The molecule has 4 rings (SSSR count). The van der Waals surface area contributed by atoms with E-state index in [0.29, 0.717) is 11.5 Å². The topological polar surface area (TPSA) is 59.3 Å². The highest BCUT2D eigenvalue weighted by Crippen LogP contribution is 2.29. The number of nitrogens with one attached hydrogen (secondary N) is 1. The molecule has 0 aliphatic rings. The van der Waals surface area contributed by atoms with Gasteiger partial charge in [-0.05, 0) is 49.9 Å². The van der Waals surface area contributed by atoms with Gasteiger partial charge in [-0.25, -0.2) is 9.50 Å². The quantitative estimate of drug-likeness (QED) is 0.480. The van der Waals surface area contributed by atoms with Crippen molar-refractivity contribution < 1.29 is 4.79 Å². The molecule has 4 aromatic rings. The molecule has 0 aliphatic carbocycles. The van der Waals surface area contributed by atoms with Gasteiger partial charge in [-0.2, -0.15) is 5.10 Å². The number of aryl methyl sites for hydroxylation is 3. The van der Waals surface area contributed by atoms with Crippen LogP contribution in [0.4, 0.5) is 5.69 Å². The molecular weight excluding hydrogens is 372 g/mol. The largest absolute Gasteiger partial charge is 0.322 e. The first kappa shape index (κ1) is 19.8. The Morgan fingerprint density at radius 1 is 1.03 bits per heavy atom. The predicted octanol–water partition coefficient (Wildman–Crippen LogP) is 5.70. The Labute approximate surface area is 176 Å². The van der Waals surface area contributed by atoms with Gasteiger partial charge in [-0.1, -0.05) is 55.8 Å². The van der Waals surface area contributed by atoms with E-state index >= 15 is 0 Å². The van der Waals surface area contributed by atoms with E-state index in [4.69, 9.17) is 0 Å². The lowest BCUT2D eigenvalue weighted by Gasteiger charge is -2.10. The van der Waals surface area contributed by atoms with Gasteiger partial charge in [-0.3, -0.25) is 4.79 Å². The fourth-order valence-corrected chi connectivity index (χ4v) is 3.71. The monoisotopic (exact) mass is 398 g/mol. The number of benzene rings is 2. The van der Waals surface area contributed by atoms with Crippen LogP contribution in [0.15, 0.2) is 54.7 Å². The molecule has 0 radical (unpaired) electrons. The lowest BCUT2D eigenvalue weighted by Crippen LogP contribution is -2.16.